The van der Waals surface area contributed by atoms with Crippen molar-refractivity contribution in [3.05, 3.63) is 0 Å². The third-order valence-corrected chi connectivity index (χ3v) is 2.39. The third kappa shape index (κ3) is 1.95. The normalized spacial score (nSPS) is 31.1. The zero-order valence-corrected chi connectivity index (χ0v) is 7.71. The fourth-order valence-corrected chi connectivity index (χ4v) is 1.61. The minimum absolute atomic E-state index is 0.0299. The van der Waals surface area contributed by atoms with Gasteiger partial charge in [0.2, 0.25) is 5.91 Å². The summed E-state index contributed by atoms with van der Waals surface area (Å²) in [5.41, 5.74) is 0. The molecule has 2 atom stereocenters. The first kappa shape index (κ1) is 9.26. The summed E-state index contributed by atoms with van der Waals surface area (Å²) < 4.78 is 4.91. The Hall–Kier alpha value is -1.30. The summed E-state index contributed by atoms with van der Waals surface area (Å²) in [6.45, 7) is 1.76. The van der Waals surface area contributed by atoms with Gasteiger partial charge in [0, 0.05) is 13.1 Å². The molecule has 0 spiro atoms. The van der Waals surface area contributed by atoms with E-state index in [0.717, 1.165) is 13.0 Å². The monoisotopic (exact) mass is 199 g/mol. The first-order valence-corrected chi connectivity index (χ1v) is 4.71. The van der Waals surface area contributed by atoms with Gasteiger partial charge in [0.1, 0.15) is 6.10 Å². The van der Waals surface area contributed by atoms with Crippen LogP contribution in [0.25, 0.3) is 0 Å². The molecule has 6 heteroatoms. The molecule has 0 saturated carbocycles. The molecule has 2 aliphatic rings. The lowest BCUT2D eigenvalue weighted by Gasteiger charge is -2.12. The lowest BCUT2D eigenvalue weighted by atomic mass is 10.2. The van der Waals surface area contributed by atoms with E-state index >= 15 is 0 Å². The maximum atomic E-state index is 11.1. The van der Waals surface area contributed by atoms with Crippen LogP contribution in [-0.2, 0) is 9.53 Å². The summed E-state index contributed by atoms with van der Waals surface area (Å²) in [4.78, 5) is 21.8. The Morgan fingerprint density at radius 3 is 2.86 bits per heavy atom. The highest BCUT2D eigenvalue weighted by Gasteiger charge is 2.27. The second-order valence-electron chi connectivity index (χ2n) is 3.45. The van der Waals surface area contributed by atoms with E-state index in [1.165, 1.54) is 0 Å². The fourth-order valence-electron chi connectivity index (χ4n) is 1.61. The predicted octanol–water partition coefficient (Wildman–Crippen LogP) is -1.43. The van der Waals surface area contributed by atoms with Crippen molar-refractivity contribution in [1.29, 1.82) is 0 Å². The number of hydrogen-bond acceptors (Lipinski definition) is 4. The molecule has 0 aromatic heterocycles. The maximum absolute atomic E-state index is 11.1. The van der Waals surface area contributed by atoms with Crippen molar-refractivity contribution < 1.29 is 14.3 Å². The number of carbonyl (C=O) groups is 2. The lowest BCUT2D eigenvalue weighted by molar-refractivity contribution is -0.120. The van der Waals surface area contributed by atoms with Gasteiger partial charge in [0.25, 0.3) is 0 Å². The summed E-state index contributed by atoms with van der Waals surface area (Å²) in [5.74, 6) is 0.0299. The van der Waals surface area contributed by atoms with Crippen molar-refractivity contribution in [2.24, 2.45) is 0 Å². The first-order chi connectivity index (χ1) is 6.75. The molecule has 0 radical (unpaired) electrons. The van der Waals surface area contributed by atoms with E-state index in [-0.39, 0.29) is 24.1 Å². The van der Waals surface area contributed by atoms with Gasteiger partial charge in [0.05, 0.1) is 12.6 Å². The SMILES string of the molecule is O=C1NCC(CNC2CCNC2=O)O1. The van der Waals surface area contributed by atoms with Crippen LogP contribution in [0.15, 0.2) is 0 Å². The largest absolute Gasteiger partial charge is 0.443 e. The van der Waals surface area contributed by atoms with Gasteiger partial charge in [-0.15, -0.1) is 0 Å². The number of rotatable bonds is 3. The van der Waals surface area contributed by atoms with Crippen LogP contribution in [-0.4, -0.2) is 43.8 Å². The van der Waals surface area contributed by atoms with Crippen LogP contribution >= 0.6 is 0 Å². The van der Waals surface area contributed by atoms with Crippen LogP contribution in [0.2, 0.25) is 0 Å². The van der Waals surface area contributed by atoms with Crippen LogP contribution in [0.4, 0.5) is 4.79 Å². The molecule has 6 nitrogen and oxygen atoms in total. The van der Waals surface area contributed by atoms with Crippen LogP contribution in [0.3, 0.4) is 0 Å². The van der Waals surface area contributed by atoms with E-state index in [9.17, 15) is 9.59 Å². The zero-order chi connectivity index (χ0) is 9.97. The lowest BCUT2D eigenvalue weighted by Crippen LogP contribution is -2.41. The molecule has 2 saturated heterocycles. The summed E-state index contributed by atoms with van der Waals surface area (Å²) in [6.07, 6.45) is 0.260. The number of alkyl carbamates (subject to hydrolysis) is 1. The van der Waals surface area contributed by atoms with Gasteiger partial charge < -0.3 is 20.7 Å². The Balaban J connectivity index is 1.71. The average Bonchev–Trinajstić information content (AvgIpc) is 2.72. The van der Waals surface area contributed by atoms with E-state index in [1.807, 2.05) is 0 Å². The number of ether oxygens (including phenoxy) is 1. The predicted molar refractivity (Wildman–Crippen MR) is 47.7 cm³/mol. The molecule has 2 heterocycles. The van der Waals surface area contributed by atoms with Gasteiger partial charge in [-0.2, -0.15) is 0 Å². The molecule has 0 aromatic rings. The molecule has 0 aromatic carbocycles. The molecule has 2 aliphatic heterocycles. The summed E-state index contributed by atoms with van der Waals surface area (Å²) in [7, 11) is 0. The Bertz CT molecular complexity index is 256. The summed E-state index contributed by atoms with van der Waals surface area (Å²) >= 11 is 0. The van der Waals surface area contributed by atoms with Gasteiger partial charge in [-0.25, -0.2) is 4.79 Å². The molecule has 78 valence electrons. The molecule has 0 bridgehead atoms. The highest BCUT2D eigenvalue weighted by molar-refractivity contribution is 5.83. The molecular formula is C8H13N3O3. The van der Waals surface area contributed by atoms with E-state index < -0.39 is 0 Å². The quantitative estimate of drug-likeness (QED) is 0.521. The smallest absolute Gasteiger partial charge is 0.407 e. The third-order valence-electron chi connectivity index (χ3n) is 2.39. The Morgan fingerprint density at radius 1 is 1.43 bits per heavy atom. The first-order valence-electron chi connectivity index (χ1n) is 4.71. The Labute approximate surface area is 81.4 Å². The number of hydrogen-bond donors (Lipinski definition) is 3. The highest BCUT2D eigenvalue weighted by atomic mass is 16.6. The number of amides is 2. The Morgan fingerprint density at radius 2 is 2.29 bits per heavy atom. The van der Waals surface area contributed by atoms with Gasteiger partial charge in [0.15, 0.2) is 0 Å². The molecule has 14 heavy (non-hydrogen) atoms. The zero-order valence-electron chi connectivity index (χ0n) is 7.71. The second kappa shape index (κ2) is 3.83. The van der Waals surface area contributed by atoms with Gasteiger partial charge in [-0.1, -0.05) is 0 Å². The molecule has 2 fully saturated rings. The number of carbonyl (C=O) groups excluding carboxylic acids is 2. The van der Waals surface area contributed by atoms with E-state index in [1.54, 1.807) is 0 Å². The summed E-state index contributed by atoms with van der Waals surface area (Å²) in [5, 5.41) is 8.35. The maximum Gasteiger partial charge on any atom is 0.407 e. The van der Waals surface area contributed by atoms with E-state index in [0.29, 0.717) is 13.1 Å². The highest BCUT2D eigenvalue weighted by Crippen LogP contribution is 2.02. The molecule has 3 N–H and O–H groups in total. The minimum atomic E-state index is -0.382. The van der Waals surface area contributed by atoms with Crippen molar-refractivity contribution >= 4 is 12.0 Å². The molecular weight excluding hydrogens is 186 g/mol. The topological polar surface area (TPSA) is 79.5 Å². The molecule has 0 aliphatic carbocycles. The Kier molecular flexibility index (Phi) is 2.53. The second-order valence-corrected chi connectivity index (χ2v) is 3.45. The van der Waals surface area contributed by atoms with Crippen molar-refractivity contribution in [2.75, 3.05) is 19.6 Å². The van der Waals surface area contributed by atoms with Gasteiger partial charge >= 0.3 is 6.09 Å². The van der Waals surface area contributed by atoms with Gasteiger partial charge in [-0.05, 0) is 6.42 Å². The van der Waals surface area contributed by atoms with Crippen LogP contribution in [0.1, 0.15) is 6.42 Å². The molecule has 2 amide bonds. The van der Waals surface area contributed by atoms with E-state index in [4.69, 9.17) is 4.74 Å². The number of cyclic esters (lactones) is 1. The summed E-state index contributed by atoms with van der Waals surface area (Å²) in [6, 6.07) is -0.130. The van der Waals surface area contributed by atoms with Crippen molar-refractivity contribution in [3.63, 3.8) is 0 Å². The van der Waals surface area contributed by atoms with Crippen molar-refractivity contribution in [1.82, 2.24) is 16.0 Å². The van der Waals surface area contributed by atoms with E-state index in [2.05, 4.69) is 16.0 Å². The van der Waals surface area contributed by atoms with Crippen molar-refractivity contribution in [3.8, 4) is 0 Å². The molecule has 2 rings (SSSR count). The van der Waals surface area contributed by atoms with Crippen LogP contribution in [0, 0.1) is 0 Å². The van der Waals surface area contributed by atoms with Crippen LogP contribution in [0.5, 0.6) is 0 Å². The minimum Gasteiger partial charge on any atom is -0.443 e. The molecule has 2 unspecified atom stereocenters. The standard InChI is InChI=1S/C8H13N3O3/c12-7-6(1-2-9-7)10-3-5-4-11-8(13)14-5/h5-6,10H,1-4H2,(H,9,12)(H,11,13). The average molecular weight is 199 g/mol. The number of nitrogens with one attached hydrogen (secondary N) is 3. The van der Waals surface area contributed by atoms with Crippen LogP contribution < -0.4 is 16.0 Å². The fraction of sp³-hybridized carbons (Fsp3) is 0.750. The van der Waals surface area contributed by atoms with Gasteiger partial charge in [-0.3, -0.25) is 4.79 Å². The van der Waals surface area contributed by atoms with Crippen molar-refractivity contribution in [2.45, 2.75) is 18.6 Å².